The zero-order valence-electron chi connectivity index (χ0n) is 9.32. The van der Waals surface area contributed by atoms with Gasteiger partial charge in [-0.1, -0.05) is 6.07 Å². The number of rotatable bonds is 3. The van der Waals surface area contributed by atoms with E-state index in [0.29, 0.717) is 6.04 Å². The maximum absolute atomic E-state index is 4.35. The van der Waals surface area contributed by atoms with Gasteiger partial charge in [0.15, 0.2) is 0 Å². The average molecular weight is 205 g/mol. The largest absolute Gasteiger partial charge is 0.315 e. The van der Waals surface area contributed by atoms with Gasteiger partial charge in [0, 0.05) is 25.3 Å². The molecule has 0 aromatic carbocycles. The number of piperidine rings is 1. The number of hydrogen-bond donors (Lipinski definition) is 1. The maximum atomic E-state index is 4.35. The molecule has 0 bridgehead atoms. The molecule has 3 nitrogen and oxygen atoms in total. The lowest BCUT2D eigenvalue weighted by atomic mass is 10.1. The second-order valence-electron chi connectivity index (χ2n) is 4.24. The molecule has 2 rings (SSSR count). The number of likely N-dealkylation sites (N-methyl/N-ethyl adjacent to an activating group) is 1. The first-order valence-corrected chi connectivity index (χ1v) is 5.67. The number of nitrogens with one attached hydrogen (secondary N) is 1. The fourth-order valence-electron chi connectivity index (χ4n) is 2.09. The number of hydrogen-bond acceptors (Lipinski definition) is 3. The highest BCUT2D eigenvalue weighted by molar-refractivity contribution is 5.03. The van der Waals surface area contributed by atoms with Gasteiger partial charge in [0.1, 0.15) is 0 Å². The van der Waals surface area contributed by atoms with Crippen molar-refractivity contribution in [2.75, 3.05) is 20.1 Å². The number of aromatic nitrogens is 1. The van der Waals surface area contributed by atoms with Crippen molar-refractivity contribution in [3.05, 3.63) is 30.1 Å². The second kappa shape index (κ2) is 5.24. The molecular weight excluding hydrogens is 186 g/mol. The molecule has 1 aliphatic heterocycles. The minimum atomic E-state index is 0.667. The van der Waals surface area contributed by atoms with Gasteiger partial charge in [-0.3, -0.25) is 9.88 Å². The van der Waals surface area contributed by atoms with Crippen molar-refractivity contribution >= 4 is 0 Å². The highest BCUT2D eigenvalue weighted by Gasteiger charge is 2.17. The molecule has 0 amide bonds. The van der Waals surface area contributed by atoms with Crippen LogP contribution >= 0.6 is 0 Å². The van der Waals surface area contributed by atoms with E-state index in [1.807, 2.05) is 12.3 Å². The van der Waals surface area contributed by atoms with Crippen LogP contribution in [-0.2, 0) is 6.54 Å². The van der Waals surface area contributed by atoms with Gasteiger partial charge in [-0.2, -0.15) is 0 Å². The Labute approximate surface area is 91.5 Å². The molecule has 1 fully saturated rings. The van der Waals surface area contributed by atoms with Crippen LogP contribution in [0.1, 0.15) is 18.5 Å². The van der Waals surface area contributed by atoms with Crippen molar-refractivity contribution in [3.63, 3.8) is 0 Å². The highest BCUT2D eigenvalue weighted by atomic mass is 15.2. The zero-order valence-corrected chi connectivity index (χ0v) is 9.32. The summed E-state index contributed by atoms with van der Waals surface area (Å²) in [4.78, 5) is 6.75. The molecule has 1 N–H and O–H groups in total. The third-order valence-corrected chi connectivity index (χ3v) is 3.03. The lowest BCUT2D eigenvalue weighted by Gasteiger charge is -2.31. The molecule has 0 saturated carbocycles. The summed E-state index contributed by atoms with van der Waals surface area (Å²) in [6.07, 6.45) is 4.45. The second-order valence-corrected chi connectivity index (χ2v) is 4.24. The Hall–Kier alpha value is -0.930. The molecule has 0 aliphatic carbocycles. The standard InChI is InChI=1S/C12H19N3/c1-15(12-6-4-7-13-9-12)10-11-5-2-3-8-14-11/h2-3,5,8,12-13H,4,6-7,9-10H2,1H3/t12-/m1/s1. The highest BCUT2D eigenvalue weighted by Crippen LogP contribution is 2.10. The van der Waals surface area contributed by atoms with Crippen LogP contribution < -0.4 is 5.32 Å². The summed E-state index contributed by atoms with van der Waals surface area (Å²) in [6.45, 7) is 3.24. The van der Waals surface area contributed by atoms with Crippen LogP contribution in [-0.4, -0.2) is 36.1 Å². The van der Waals surface area contributed by atoms with Crippen LogP contribution in [0.25, 0.3) is 0 Å². The predicted molar refractivity (Wildman–Crippen MR) is 61.6 cm³/mol. The van der Waals surface area contributed by atoms with Gasteiger partial charge in [-0.25, -0.2) is 0 Å². The molecule has 0 radical (unpaired) electrons. The first-order chi connectivity index (χ1) is 7.36. The molecule has 3 heteroatoms. The predicted octanol–water partition coefficient (Wildman–Crippen LogP) is 1.27. The van der Waals surface area contributed by atoms with Gasteiger partial charge >= 0.3 is 0 Å². The van der Waals surface area contributed by atoms with E-state index in [4.69, 9.17) is 0 Å². The summed E-state index contributed by atoms with van der Waals surface area (Å²) < 4.78 is 0. The van der Waals surface area contributed by atoms with E-state index in [9.17, 15) is 0 Å². The first kappa shape index (κ1) is 10.6. The van der Waals surface area contributed by atoms with Crippen molar-refractivity contribution in [1.82, 2.24) is 15.2 Å². The van der Waals surface area contributed by atoms with Crippen molar-refractivity contribution in [2.24, 2.45) is 0 Å². The molecule has 1 aromatic rings. The normalized spacial score (nSPS) is 21.9. The molecule has 0 unspecified atom stereocenters. The van der Waals surface area contributed by atoms with E-state index in [-0.39, 0.29) is 0 Å². The van der Waals surface area contributed by atoms with Gasteiger partial charge in [0.25, 0.3) is 0 Å². The fraction of sp³-hybridized carbons (Fsp3) is 0.583. The number of nitrogens with zero attached hydrogens (tertiary/aromatic N) is 2. The van der Waals surface area contributed by atoms with E-state index in [0.717, 1.165) is 18.8 Å². The van der Waals surface area contributed by atoms with Gasteiger partial charge in [-0.15, -0.1) is 0 Å². The Bertz CT molecular complexity index is 280. The molecule has 15 heavy (non-hydrogen) atoms. The van der Waals surface area contributed by atoms with E-state index >= 15 is 0 Å². The average Bonchev–Trinajstić information content (AvgIpc) is 2.31. The van der Waals surface area contributed by atoms with E-state index in [1.54, 1.807) is 0 Å². The van der Waals surface area contributed by atoms with Crippen LogP contribution in [0.15, 0.2) is 24.4 Å². The summed E-state index contributed by atoms with van der Waals surface area (Å²) in [6, 6.07) is 6.77. The SMILES string of the molecule is CN(Cc1ccccn1)[C@@H]1CCCNC1. The minimum Gasteiger partial charge on any atom is -0.315 e. The van der Waals surface area contributed by atoms with E-state index < -0.39 is 0 Å². The quantitative estimate of drug-likeness (QED) is 0.805. The van der Waals surface area contributed by atoms with Crippen LogP contribution in [0, 0.1) is 0 Å². The molecule has 1 aliphatic rings. The fourth-order valence-corrected chi connectivity index (χ4v) is 2.09. The van der Waals surface area contributed by atoms with Crippen molar-refractivity contribution in [2.45, 2.75) is 25.4 Å². The molecule has 1 aromatic heterocycles. The van der Waals surface area contributed by atoms with Crippen molar-refractivity contribution < 1.29 is 0 Å². The van der Waals surface area contributed by atoms with E-state index in [2.05, 4.69) is 34.4 Å². The summed E-state index contributed by atoms with van der Waals surface area (Å²) in [5.41, 5.74) is 1.16. The van der Waals surface area contributed by atoms with Crippen LogP contribution in [0.3, 0.4) is 0 Å². The molecule has 1 saturated heterocycles. The van der Waals surface area contributed by atoms with Crippen molar-refractivity contribution in [1.29, 1.82) is 0 Å². The number of pyridine rings is 1. The first-order valence-electron chi connectivity index (χ1n) is 5.67. The third-order valence-electron chi connectivity index (χ3n) is 3.03. The molecule has 2 heterocycles. The maximum Gasteiger partial charge on any atom is 0.0543 e. The zero-order chi connectivity index (χ0) is 10.5. The summed E-state index contributed by atoms with van der Waals surface area (Å²) >= 11 is 0. The van der Waals surface area contributed by atoms with Gasteiger partial charge < -0.3 is 5.32 Å². The Morgan fingerprint density at radius 2 is 2.47 bits per heavy atom. The Morgan fingerprint density at radius 1 is 1.53 bits per heavy atom. The monoisotopic (exact) mass is 205 g/mol. The Kier molecular flexibility index (Phi) is 3.69. The summed E-state index contributed by atoms with van der Waals surface area (Å²) in [5.74, 6) is 0. The smallest absolute Gasteiger partial charge is 0.0543 e. The summed E-state index contributed by atoms with van der Waals surface area (Å²) in [5, 5.41) is 3.44. The Balaban J connectivity index is 1.88. The lowest BCUT2D eigenvalue weighted by molar-refractivity contribution is 0.194. The Morgan fingerprint density at radius 3 is 3.13 bits per heavy atom. The van der Waals surface area contributed by atoms with Crippen LogP contribution in [0.2, 0.25) is 0 Å². The lowest BCUT2D eigenvalue weighted by Crippen LogP contribution is -2.43. The van der Waals surface area contributed by atoms with Gasteiger partial charge in [0.05, 0.1) is 5.69 Å². The molecular formula is C12H19N3. The molecule has 0 spiro atoms. The molecule has 1 atom stereocenters. The van der Waals surface area contributed by atoms with Crippen LogP contribution in [0.4, 0.5) is 0 Å². The van der Waals surface area contributed by atoms with E-state index in [1.165, 1.54) is 19.4 Å². The minimum absolute atomic E-state index is 0.667. The third kappa shape index (κ3) is 3.01. The van der Waals surface area contributed by atoms with Crippen LogP contribution in [0.5, 0.6) is 0 Å². The van der Waals surface area contributed by atoms with Gasteiger partial charge in [-0.05, 0) is 38.6 Å². The molecule has 82 valence electrons. The van der Waals surface area contributed by atoms with Crippen molar-refractivity contribution in [3.8, 4) is 0 Å². The van der Waals surface area contributed by atoms with Gasteiger partial charge in [0.2, 0.25) is 0 Å². The summed E-state index contributed by atoms with van der Waals surface area (Å²) in [7, 11) is 2.19. The topological polar surface area (TPSA) is 28.2 Å².